The van der Waals surface area contributed by atoms with E-state index in [2.05, 4.69) is 53.4 Å². The van der Waals surface area contributed by atoms with Crippen LogP contribution >= 0.6 is 11.8 Å². The minimum absolute atomic E-state index is 0.387. The molecule has 0 aliphatic carbocycles. The summed E-state index contributed by atoms with van der Waals surface area (Å²) >= 11 is 1.99. The Labute approximate surface area is 118 Å². The number of rotatable bonds is 3. The molecule has 1 heterocycles. The van der Waals surface area contributed by atoms with Gasteiger partial charge in [0.2, 0.25) is 0 Å². The van der Waals surface area contributed by atoms with Crippen molar-refractivity contribution in [2.45, 2.75) is 5.37 Å². The molecule has 1 unspecified atom stereocenters. The summed E-state index contributed by atoms with van der Waals surface area (Å²) in [5, 5.41) is 0.387. The first kappa shape index (κ1) is 12.4. The summed E-state index contributed by atoms with van der Waals surface area (Å²) in [6.07, 6.45) is 0. The van der Waals surface area contributed by atoms with Gasteiger partial charge in [-0.3, -0.25) is 0 Å². The topological polar surface area (TPSA) is 12.5 Å². The van der Waals surface area contributed by atoms with Gasteiger partial charge in [-0.05, 0) is 29.8 Å². The maximum absolute atomic E-state index is 5.33. The van der Waals surface area contributed by atoms with Gasteiger partial charge in [0, 0.05) is 18.0 Å². The van der Waals surface area contributed by atoms with Gasteiger partial charge >= 0.3 is 0 Å². The van der Waals surface area contributed by atoms with E-state index in [1.807, 2.05) is 17.8 Å². The van der Waals surface area contributed by atoms with E-state index >= 15 is 0 Å². The van der Waals surface area contributed by atoms with Gasteiger partial charge in [-0.25, -0.2) is 0 Å². The van der Waals surface area contributed by atoms with E-state index in [1.54, 1.807) is 7.11 Å². The lowest BCUT2D eigenvalue weighted by Gasteiger charge is -2.26. The summed E-state index contributed by atoms with van der Waals surface area (Å²) in [7, 11) is 1.72. The smallest absolute Gasteiger partial charge is 0.119 e. The molecule has 2 aromatic rings. The van der Waals surface area contributed by atoms with Crippen LogP contribution in [0.1, 0.15) is 10.9 Å². The first-order valence-electron chi connectivity index (χ1n) is 6.46. The molecule has 0 amide bonds. The van der Waals surface area contributed by atoms with E-state index in [0.29, 0.717) is 5.37 Å². The van der Waals surface area contributed by atoms with Crippen molar-refractivity contribution in [2.75, 3.05) is 24.3 Å². The number of benzene rings is 2. The minimum atomic E-state index is 0.387. The van der Waals surface area contributed by atoms with Crippen molar-refractivity contribution < 1.29 is 4.74 Å². The van der Waals surface area contributed by atoms with Crippen LogP contribution in [-0.4, -0.2) is 19.4 Å². The van der Waals surface area contributed by atoms with Crippen LogP contribution in [0.4, 0.5) is 5.69 Å². The number of para-hydroxylation sites is 1. The number of hydrogen-bond donors (Lipinski definition) is 0. The summed E-state index contributed by atoms with van der Waals surface area (Å²) in [6.45, 7) is 1.09. The molecular weight excluding hydrogens is 254 g/mol. The molecule has 0 bridgehead atoms. The first-order valence-corrected chi connectivity index (χ1v) is 7.50. The average Bonchev–Trinajstić information content (AvgIpc) is 2.98. The van der Waals surface area contributed by atoms with Crippen molar-refractivity contribution in [3.05, 3.63) is 60.2 Å². The Morgan fingerprint density at radius 3 is 2.74 bits per heavy atom. The first-order chi connectivity index (χ1) is 9.38. The molecule has 19 heavy (non-hydrogen) atoms. The number of nitrogens with zero attached hydrogens (tertiary/aromatic N) is 1. The standard InChI is InChI=1S/C16H17NOS/c1-18-15-9-5-6-13(12-15)16-17(10-11-19-16)14-7-3-2-4-8-14/h2-9,12,16H,10-11H2,1H3. The van der Waals surface area contributed by atoms with E-state index in [1.165, 1.54) is 11.3 Å². The van der Waals surface area contributed by atoms with Gasteiger partial charge in [0.25, 0.3) is 0 Å². The molecule has 0 radical (unpaired) electrons. The number of thioether (sulfide) groups is 1. The van der Waals surface area contributed by atoms with Gasteiger partial charge in [-0.1, -0.05) is 30.3 Å². The molecular formula is C16H17NOS. The van der Waals surface area contributed by atoms with Crippen molar-refractivity contribution in [2.24, 2.45) is 0 Å². The normalized spacial score (nSPS) is 18.6. The molecule has 98 valence electrons. The molecule has 2 aromatic carbocycles. The fourth-order valence-corrected chi connectivity index (χ4v) is 3.70. The zero-order valence-electron chi connectivity index (χ0n) is 11.0. The van der Waals surface area contributed by atoms with E-state index < -0.39 is 0 Å². The summed E-state index contributed by atoms with van der Waals surface area (Å²) < 4.78 is 5.33. The molecule has 3 rings (SSSR count). The monoisotopic (exact) mass is 271 g/mol. The zero-order valence-corrected chi connectivity index (χ0v) is 11.8. The van der Waals surface area contributed by atoms with E-state index in [9.17, 15) is 0 Å². The van der Waals surface area contributed by atoms with Gasteiger partial charge in [0.05, 0.1) is 7.11 Å². The number of methoxy groups -OCH3 is 1. The molecule has 0 aromatic heterocycles. The molecule has 1 saturated heterocycles. The highest BCUT2D eigenvalue weighted by molar-refractivity contribution is 7.99. The SMILES string of the molecule is COc1cccc(C2SCCN2c2ccccc2)c1. The highest BCUT2D eigenvalue weighted by Crippen LogP contribution is 2.41. The average molecular weight is 271 g/mol. The van der Waals surface area contributed by atoms with Crippen LogP contribution in [0.3, 0.4) is 0 Å². The molecule has 1 aliphatic rings. The number of anilines is 1. The Hall–Kier alpha value is -1.61. The highest BCUT2D eigenvalue weighted by Gasteiger charge is 2.26. The third-order valence-corrected chi connectivity index (χ3v) is 4.62. The van der Waals surface area contributed by atoms with E-state index in [4.69, 9.17) is 4.74 Å². The van der Waals surface area contributed by atoms with Crippen molar-refractivity contribution in [1.82, 2.24) is 0 Å². The van der Waals surface area contributed by atoms with Crippen LogP contribution < -0.4 is 9.64 Å². The predicted molar refractivity (Wildman–Crippen MR) is 82.0 cm³/mol. The molecule has 3 heteroatoms. The van der Waals surface area contributed by atoms with Crippen molar-refractivity contribution in [3.63, 3.8) is 0 Å². The largest absolute Gasteiger partial charge is 0.497 e. The molecule has 1 aliphatic heterocycles. The third kappa shape index (κ3) is 2.56. The van der Waals surface area contributed by atoms with Gasteiger partial charge in [0.15, 0.2) is 0 Å². The van der Waals surface area contributed by atoms with Crippen LogP contribution in [0, 0.1) is 0 Å². The summed E-state index contributed by atoms with van der Waals surface area (Å²) in [5.41, 5.74) is 2.60. The highest BCUT2D eigenvalue weighted by atomic mass is 32.2. The number of hydrogen-bond acceptors (Lipinski definition) is 3. The number of ether oxygens (including phenoxy) is 1. The maximum Gasteiger partial charge on any atom is 0.119 e. The summed E-state index contributed by atoms with van der Waals surface area (Å²) in [6, 6.07) is 19.0. The van der Waals surface area contributed by atoms with Gasteiger partial charge in [-0.2, -0.15) is 0 Å². The van der Waals surface area contributed by atoms with Crippen molar-refractivity contribution >= 4 is 17.4 Å². The van der Waals surface area contributed by atoms with Crippen LogP contribution in [0.2, 0.25) is 0 Å². The van der Waals surface area contributed by atoms with Gasteiger partial charge in [0.1, 0.15) is 11.1 Å². The lowest BCUT2D eigenvalue weighted by molar-refractivity contribution is 0.414. The Balaban J connectivity index is 1.90. The summed E-state index contributed by atoms with van der Waals surface area (Å²) in [4.78, 5) is 2.46. The van der Waals surface area contributed by atoms with Crippen LogP contribution in [0.25, 0.3) is 0 Å². The Morgan fingerprint density at radius 1 is 1.11 bits per heavy atom. The summed E-state index contributed by atoms with van der Waals surface area (Å²) in [5.74, 6) is 2.09. The fraction of sp³-hybridized carbons (Fsp3) is 0.250. The van der Waals surface area contributed by atoms with Crippen LogP contribution in [-0.2, 0) is 0 Å². The minimum Gasteiger partial charge on any atom is -0.497 e. The molecule has 0 saturated carbocycles. The molecule has 2 nitrogen and oxygen atoms in total. The maximum atomic E-state index is 5.33. The fourth-order valence-electron chi connectivity index (χ4n) is 2.43. The second-order valence-corrected chi connectivity index (χ2v) is 5.72. The zero-order chi connectivity index (χ0) is 13.1. The van der Waals surface area contributed by atoms with Crippen molar-refractivity contribution in [1.29, 1.82) is 0 Å². The molecule has 1 atom stereocenters. The Bertz CT molecular complexity index is 543. The lowest BCUT2D eigenvalue weighted by atomic mass is 10.2. The second kappa shape index (κ2) is 5.57. The van der Waals surface area contributed by atoms with Gasteiger partial charge < -0.3 is 9.64 Å². The van der Waals surface area contributed by atoms with Crippen molar-refractivity contribution in [3.8, 4) is 5.75 Å². The van der Waals surface area contributed by atoms with E-state index in [-0.39, 0.29) is 0 Å². The third-order valence-electron chi connectivity index (χ3n) is 3.36. The molecule has 0 spiro atoms. The Morgan fingerprint density at radius 2 is 1.95 bits per heavy atom. The lowest BCUT2D eigenvalue weighted by Crippen LogP contribution is -2.21. The van der Waals surface area contributed by atoms with Crippen LogP contribution in [0.5, 0.6) is 5.75 Å². The quantitative estimate of drug-likeness (QED) is 0.838. The molecule has 1 fully saturated rings. The second-order valence-electron chi connectivity index (χ2n) is 4.53. The predicted octanol–water partition coefficient (Wildman–Crippen LogP) is 3.95. The van der Waals surface area contributed by atoms with Gasteiger partial charge in [-0.15, -0.1) is 11.8 Å². The van der Waals surface area contributed by atoms with Crippen LogP contribution in [0.15, 0.2) is 54.6 Å². The molecule has 0 N–H and O–H groups in total. The Kier molecular flexibility index (Phi) is 3.65. The van der Waals surface area contributed by atoms with E-state index in [0.717, 1.165) is 18.0 Å².